The van der Waals surface area contributed by atoms with Gasteiger partial charge in [0, 0.05) is 5.92 Å². The first kappa shape index (κ1) is 19.0. The zero-order valence-corrected chi connectivity index (χ0v) is 15.5. The van der Waals surface area contributed by atoms with E-state index in [1.807, 2.05) is 0 Å². The molecule has 8 heteroatoms. The minimum absolute atomic E-state index is 0.0480. The zero-order chi connectivity index (χ0) is 18.0. The van der Waals surface area contributed by atoms with Gasteiger partial charge >= 0.3 is 11.9 Å². The highest BCUT2D eigenvalue weighted by Gasteiger charge is 2.64. The van der Waals surface area contributed by atoms with E-state index in [0.29, 0.717) is 18.0 Å². The second kappa shape index (κ2) is 7.25. The third-order valence-corrected chi connectivity index (χ3v) is 6.96. The van der Waals surface area contributed by atoms with Crippen LogP contribution in [0.5, 0.6) is 0 Å². The zero-order valence-electron chi connectivity index (χ0n) is 13.9. The first-order valence-corrected chi connectivity index (χ1v) is 9.47. The number of hydrogen-bond donors (Lipinski definition) is 0. The van der Waals surface area contributed by atoms with Crippen LogP contribution in [0.25, 0.3) is 0 Å². The number of carbonyl (C=O) groups excluding carboxylic acids is 2. The molecule has 2 aliphatic rings. The largest absolute Gasteiger partial charge is 0.449 e. The predicted molar refractivity (Wildman–Crippen MR) is 90.0 cm³/mol. The van der Waals surface area contributed by atoms with E-state index in [9.17, 15) is 9.59 Å². The average molecular weight is 368 g/mol. The van der Waals surface area contributed by atoms with Crippen molar-refractivity contribution in [2.45, 2.75) is 46.1 Å². The van der Waals surface area contributed by atoms with E-state index >= 15 is 0 Å². The van der Waals surface area contributed by atoms with Gasteiger partial charge in [-0.25, -0.2) is 4.79 Å². The Morgan fingerprint density at radius 3 is 2.50 bits per heavy atom. The maximum atomic E-state index is 12.4. The van der Waals surface area contributed by atoms with E-state index in [1.165, 1.54) is 0 Å². The van der Waals surface area contributed by atoms with Crippen LogP contribution in [0.2, 0.25) is 0 Å². The van der Waals surface area contributed by atoms with E-state index in [4.69, 9.17) is 19.4 Å². The van der Waals surface area contributed by atoms with Crippen molar-refractivity contribution in [1.82, 2.24) is 0 Å². The smallest absolute Gasteiger partial charge is 0.360 e. The molecule has 2 saturated carbocycles. The number of nitrogens with zero attached hydrogens (tertiary/aromatic N) is 2. The van der Waals surface area contributed by atoms with Gasteiger partial charge in [-0.3, -0.25) is 4.79 Å². The molecule has 2 rings (SSSR count). The highest BCUT2D eigenvalue weighted by atomic mass is 32.2. The second-order valence-electron chi connectivity index (χ2n) is 7.08. The third kappa shape index (κ3) is 3.22. The molecular formula is C16H20N2O4S2. The highest BCUT2D eigenvalue weighted by molar-refractivity contribution is 8.04. The summed E-state index contributed by atoms with van der Waals surface area (Å²) in [6.45, 7) is 6.54. The van der Waals surface area contributed by atoms with Crippen LogP contribution in [-0.4, -0.2) is 23.8 Å². The van der Waals surface area contributed by atoms with Crippen LogP contribution in [0.15, 0.2) is 0 Å². The summed E-state index contributed by atoms with van der Waals surface area (Å²) in [5, 5.41) is 20.6. The van der Waals surface area contributed by atoms with Crippen LogP contribution < -0.4 is 0 Å². The summed E-state index contributed by atoms with van der Waals surface area (Å²) >= 11 is 1.14. The molecule has 0 aromatic rings. The van der Waals surface area contributed by atoms with Gasteiger partial charge < -0.3 is 8.92 Å². The van der Waals surface area contributed by atoms with Crippen molar-refractivity contribution in [3.8, 4) is 10.8 Å². The minimum Gasteiger partial charge on any atom is -0.449 e. The molecule has 0 N–H and O–H groups in total. The quantitative estimate of drug-likeness (QED) is 0.400. The summed E-state index contributed by atoms with van der Waals surface area (Å²) in [6.07, 6.45) is 1.83. The Morgan fingerprint density at radius 1 is 1.29 bits per heavy atom. The summed E-state index contributed by atoms with van der Waals surface area (Å²) in [4.78, 5) is 24.3. The van der Waals surface area contributed by atoms with Crippen LogP contribution in [-0.2, 0) is 18.5 Å². The molecule has 2 fully saturated rings. The van der Waals surface area contributed by atoms with Gasteiger partial charge in [0.15, 0.2) is 17.4 Å². The Morgan fingerprint density at radius 2 is 2.00 bits per heavy atom. The van der Waals surface area contributed by atoms with Crippen molar-refractivity contribution in [1.29, 1.82) is 10.5 Å². The minimum atomic E-state index is -1.03. The Bertz CT molecular complexity index is 610. The number of ether oxygens (including phenoxy) is 1. The van der Waals surface area contributed by atoms with Crippen molar-refractivity contribution in [3.63, 3.8) is 0 Å². The molecule has 0 aromatic heterocycles. The maximum Gasteiger partial charge on any atom is 0.360 e. The van der Waals surface area contributed by atoms with Gasteiger partial charge in [0.1, 0.15) is 11.2 Å². The molecule has 0 heterocycles. The number of hydrogen-bond acceptors (Lipinski definition) is 8. The SMILES string of the molecule is CC1(C)[C@@H]2CC[C@]1(C)C(C(OC(=O)CSC#N)C(=O)OSC#N)C2. The van der Waals surface area contributed by atoms with E-state index in [1.54, 1.807) is 10.8 Å². The number of esters is 1. The lowest BCUT2D eigenvalue weighted by atomic mass is 9.65. The lowest BCUT2D eigenvalue weighted by Gasteiger charge is -2.41. The van der Waals surface area contributed by atoms with E-state index in [0.717, 1.165) is 31.0 Å². The fraction of sp³-hybridized carbons (Fsp3) is 0.750. The van der Waals surface area contributed by atoms with Gasteiger partial charge in [-0.15, -0.1) is 0 Å². The third-order valence-electron chi connectivity index (χ3n) is 6.13. The first-order chi connectivity index (χ1) is 11.3. The van der Waals surface area contributed by atoms with E-state index in [2.05, 4.69) is 20.8 Å². The van der Waals surface area contributed by atoms with Crippen LogP contribution in [0, 0.1) is 44.0 Å². The molecule has 0 amide bonds. The van der Waals surface area contributed by atoms with Gasteiger partial charge in [-0.05, 0) is 47.8 Å². The van der Waals surface area contributed by atoms with E-state index < -0.39 is 18.0 Å². The number of rotatable bonds is 6. The molecular weight excluding hydrogens is 348 g/mol. The van der Waals surface area contributed by atoms with Gasteiger partial charge in [0.05, 0.1) is 0 Å². The molecule has 2 aliphatic carbocycles. The predicted octanol–water partition coefficient (Wildman–Crippen LogP) is 3.25. The second-order valence-corrected chi connectivity index (χ2v) is 8.36. The Hall–Kier alpha value is -1.38. The number of thioether (sulfide) groups is 1. The molecule has 4 atom stereocenters. The number of fused-ring (bicyclic) bond motifs is 2. The highest BCUT2D eigenvalue weighted by Crippen LogP contribution is 2.69. The summed E-state index contributed by atoms with van der Waals surface area (Å²) in [7, 11) is 0. The summed E-state index contributed by atoms with van der Waals surface area (Å²) in [5.41, 5.74) is -0.0896. The van der Waals surface area contributed by atoms with Gasteiger partial charge in [-0.2, -0.15) is 10.5 Å². The van der Waals surface area contributed by atoms with Crippen molar-refractivity contribution in [2.75, 3.05) is 5.75 Å². The summed E-state index contributed by atoms with van der Waals surface area (Å²) < 4.78 is 10.3. The van der Waals surface area contributed by atoms with Crippen molar-refractivity contribution in [2.24, 2.45) is 22.7 Å². The maximum absolute atomic E-state index is 12.4. The molecule has 0 radical (unpaired) electrons. The van der Waals surface area contributed by atoms with Crippen LogP contribution in [0.4, 0.5) is 0 Å². The summed E-state index contributed by atoms with van der Waals surface area (Å²) in [5.74, 6) is -1.13. The van der Waals surface area contributed by atoms with Crippen LogP contribution in [0.3, 0.4) is 0 Å². The molecule has 0 aliphatic heterocycles. The molecule has 6 nitrogen and oxygen atoms in total. The molecule has 2 unspecified atom stereocenters. The molecule has 130 valence electrons. The average Bonchev–Trinajstić information content (AvgIpc) is 2.88. The molecule has 0 aromatic carbocycles. The molecule has 2 bridgehead atoms. The van der Waals surface area contributed by atoms with Crippen molar-refractivity contribution in [3.05, 3.63) is 0 Å². The fourth-order valence-corrected chi connectivity index (χ4v) is 4.86. The van der Waals surface area contributed by atoms with Gasteiger partial charge in [0.2, 0.25) is 6.10 Å². The Labute approximate surface area is 150 Å². The monoisotopic (exact) mass is 368 g/mol. The van der Waals surface area contributed by atoms with Gasteiger partial charge in [-0.1, -0.05) is 20.8 Å². The molecule has 0 spiro atoms. The summed E-state index contributed by atoms with van der Waals surface area (Å²) in [6, 6.07) is 0. The fourth-order valence-electron chi connectivity index (χ4n) is 4.39. The lowest BCUT2D eigenvalue weighted by molar-refractivity contribution is -0.167. The molecule has 24 heavy (non-hydrogen) atoms. The van der Waals surface area contributed by atoms with Crippen molar-refractivity contribution < 1.29 is 18.5 Å². The topological polar surface area (TPSA) is 100 Å². The Kier molecular flexibility index (Phi) is 5.72. The lowest BCUT2D eigenvalue weighted by Crippen LogP contribution is -2.44. The van der Waals surface area contributed by atoms with Crippen LogP contribution >= 0.6 is 23.8 Å². The van der Waals surface area contributed by atoms with Crippen LogP contribution in [0.1, 0.15) is 40.0 Å². The van der Waals surface area contributed by atoms with Gasteiger partial charge in [0.25, 0.3) is 0 Å². The Balaban J connectivity index is 2.20. The number of nitriles is 2. The number of thiocyanates is 2. The standard InChI is InChI=1S/C16H20N2O4S2/c1-15(2)10-4-5-16(15,3)11(6-10)13(14(20)22-24-9-18)21-12(19)7-23-8-17/h10-11,13H,4-7H2,1-3H3/t10-,11?,13?,16-/m1/s1. The normalized spacial score (nSPS) is 30.9. The van der Waals surface area contributed by atoms with E-state index in [-0.39, 0.29) is 22.5 Å². The number of carbonyl (C=O) groups is 2. The first-order valence-electron chi connectivity index (χ1n) is 7.74. The molecule has 0 saturated heterocycles. The van der Waals surface area contributed by atoms with Crippen molar-refractivity contribution >= 4 is 35.7 Å².